The van der Waals surface area contributed by atoms with Crippen molar-refractivity contribution in [2.45, 2.75) is 37.7 Å². The molecule has 0 aromatic carbocycles. The van der Waals surface area contributed by atoms with E-state index in [-0.39, 0.29) is 24.7 Å². The van der Waals surface area contributed by atoms with E-state index in [9.17, 15) is 10.2 Å². The molecular formula is C9H15NO4. The fraction of sp³-hybridized carbons (Fsp3) is 0.889. The van der Waals surface area contributed by atoms with Gasteiger partial charge in [-0.3, -0.25) is 0 Å². The zero-order chi connectivity index (χ0) is 10.3. The maximum absolute atomic E-state index is 9.72. The molecule has 0 aromatic heterocycles. The fourth-order valence-corrected chi connectivity index (χ4v) is 2.20. The fourth-order valence-electron chi connectivity index (χ4n) is 2.20. The van der Waals surface area contributed by atoms with E-state index in [1.165, 1.54) is 0 Å². The summed E-state index contributed by atoms with van der Waals surface area (Å²) in [5, 5.41) is 28.4. The Morgan fingerprint density at radius 1 is 1.43 bits per heavy atom. The Labute approximate surface area is 82.0 Å². The summed E-state index contributed by atoms with van der Waals surface area (Å²) in [7, 11) is 0. The van der Waals surface area contributed by atoms with Crippen LogP contribution >= 0.6 is 0 Å². The van der Waals surface area contributed by atoms with E-state index in [4.69, 9.17) is 9.84 Å². The maximum Gasteiger partial charge on any atom is 0.180 e. The number of aliphatic hydroxyl groups is 3. The van der Waals surface area contributed by atoms with Crippen LogP contribution < -0.4 is 0 Å². The lowest BCUT2D eigenvalue weighted by molar-refractivity contribution is -0.0946. The van der Waals surface area contributed by atoms with E-state index in [1.54, 1.807) is 6.92 Å². The van der Waals surface area contributed by atoms with E-state index >= 15 is 0 Å². The van der Waals surface area contributed by atoms with Gasteiger partial charge in [-0.05, 0) is 6.42 Å². The van der Waals surface area contributed by atoms with Crippen LogP contribution in [-0.2, 0) is 4.74 Å². The minimum absolute atomic E-state index is 0.135. The molecular weight excluding hydrogens is 186 g/mol. The van der Waals surface area contributed by atoms with Crippen LogP contribution in [0.1, 0.15) is 13.3 Å². The minimum Gasteiger partial charge on any atom is -0.476 e. The first kappa shape index (κ1) is 9.89. The van der Waals surface area contributed by atoms with Gasteiger partial charge in [0.25, 0.3) is 0 Å². The summed E-state index contributed by atoms with van der Waals surface area (Å²) in [6, 6.07) is -0.368. The van der Waals surface area contributed by atoms with E-state index in [2.05, 4.69) is 4.99 Å². The van der Waals surface area contributed by atoms with Crippen LogP contribution in [0.15, 0.2) is 4.99 Å². The Kier molecular flexibility index (Phi) is 2.47. The van der Waals surface area contributed by atoms with Gasteiger partial charge < -0.3 is 20.1 Å². The SMILES string of the molecule is CC1=N[C@H]2[C@@H](O)[C@H](O)[C@@H](CO)C[C@H]2O1. The smallest absolute Gasteiger partial charge is 0.180 e. The lowest BCUT2D eigenvalue weighted by atomic mass is 9.80. The number of aliphatic hydroxyl groups excluding tert-OH is 3. The molecule has 1 aliphatic heterocycles. The van der Waals surface area contributed by atoms with Crippen molar-refractivity contribution in [1.29, 1.82) is 0 Å². The quantitative estimate of drug-likeness (QED) is 0.503. The number of fused-ring (bicyclic) bond motifs is 1. The summed E-state index contributed by atoms with van der Waals surface area (Å²) in [4.78, 5) is 4.11. The van der Waals surface area contributed by atoms with Crippen molar-refractivity contribution in [3.63, 3.8) is 0 Å². The Morgan fingerprint density at radius 3 is 2.79 bits per heavy atom. The van der Waals surface area contributed by atoms with Gasteiger partial charge >= 0.3 is 0 Å². The van der Waals surface area contributed by atoms with Crippen LogP contribution in [-0.4, -0.2) is 52.2 Å². The maximum atomic E-state index is 9.72. The monoisotopic (exact) mass is 201 g/mol. The van der Waals surface area contributed by atoms with Crippen molar-refractivity contribution in [2.75, 3.05) is 6.61 Å². The van der Waals surface area contributed by atoms with E-state index in [1.807, 2.05) is 0 Å². The highest BCUT2D eigenvalue weighted by molar-refractivity contribution is 5.75. The van der Waals surface area contributed by atoms with Gasteiger partial charge in [-0.1, -0.05) is 0 Å². The number of aliphatic imine (C=N–C) groups is 1. The third-order valence-corrected chi connectivity index (χ3v) is 2.99. The number of hydrogen-bond donors (Lipinski definition) is 3. The molecule has 3 N–H and O–H groups in total. The molecule has 14 heavy (non-hydrogen) atoms. The summed E-state index contributed by atoms with van der Waals surface area (Å²) in [6.45, 7) is 1.59. The molecule has 0 aromatic rings. The van der Waals surface area contributed by atoms with Gasteiger partial charge in [-0.2, -0.15) is 0 Å². The number of ether oxygens (including phenoxy) is 1. The molecule has 1 aliphatic carbocycles. The highest BCUT2D eigenvalue weighted by Crippen LogP contribution is 2.32. The van der Waals surface area contributed by atoms with E-state index in [0.717, 1.165) is 0 Å². The zero-order valence-corrected chi connectivity index (χ0v) is 8.00. The van der Waals surface area contributed by atoms with Crippen LogP contribution in [0.3, 0.4) is 0 Å². The average Bonchev–Trinajstić information content (AvgIpc) is 2.52. The number of hydrogen-bond acceptors (Lipinski definition) is 5. The molecule has 0 bridgehead atoms. The predicted octanol–water partition coefficient (Wildman–Crippen LogP) is -1.09. The Bertz CT molecular complexity index is 255. The van der Waals surface area contributed by atoms with Crippen LogP contribution in [0.2, 0.25) is 0 Å². The van der Waals surface area contributed by atoms with Crippen molar-refractivity contribution in [2.24, 2.45) is 10.9 Å². The number of nitrogens with zero attached hydrogens (tertiary/aromatic N) is 1. The third kappa shape index (κ3) is 1.41. The van der Waals surface area contributed by atoms with Gasteiger partial charge in [-0.15, -0.1) is 0 Å². The van der Waals surface area contributed by atoms with Gasteiger partial charge in [0.15, 0.2) is 5.90 Å². The first-order chi connectivity index (χ1) is 6.63. The first-order valence-corrected chi connectivity index (χ1v) is 4.81. The van der Waals surface area contributed by atoms with E-state index < -0.39 is 12.2 Å². The first-order valence-electron chi connectivity index (χ1n) is 4.81. The van der Waals surface area contributed by atoms with Crippen molar-refractivity contribution in [3.8, 4) is 0 Å². The zero-order valence-electron chi connectivity index (χ0n) is 8.00. The Hall–Kier alpha value is -0.650. The molecule has 0 unspecified atom stereocenters. The van der Waals surface area contributed by atoms with Crippen molar-refractivity contribution >= 4 is 5.90 Å². The molecule has 2 aliphatic rings. The molecule has 5 atom stereocenters. The molecule has 0 spiro atoms. The second kappa shape index (κ2) is 3.49. The highest BCUT2D eigenvalue weighted by atomic mass is 16.5. The van der Waals surface area contributed by atoms with E-state index in [0.29, 0.717) is 12.3 Å². The molecule has 0 radical (unpaired) electrons. The van der Waals surface area contributed by atoms with Crippen molar-refractivity contribution < 1.29 is 20.1 Å². The lowest BCUT2D eigenvalue weighted by Gasteiger charge is -2.36. The summed E-state index contributed by atoms with van der Waals surface area (Å²) >= 11 is 0. The topological polar surface area (TPSA) is 82.3 Å². The Morgan fingerprint density at radius 2 is 2.14 bits per heavy atom. The second-order valence-corrected chi connectivity index (χ2v) is 3.95. The molecule has 0 saturated heterocycles. The average molecular weight is 201 g/mol. The van der Waals surface area contributed by atoms with Gasteiger partial charge in [0.05, 0.1) is 6.10 Å². The highest BCUT2D eigenvalue weighted by Gasteiger charge is 2.46. The summed E-state index contributed by atoms with van der Waals surface area (Å²) in [5.74, 6) is 0.234. The molecule has 5 nitrogen and oxygen atoms in total. The summed E-state index contributed by atoms with van der Waals surface area (Å²) in [5.41, 5.74) is 0. The summed E-state index contributed by atoms with van der Waals surface area (Å²) < 4.78 is 5.38. The molecule has 1 saturated carbocycles. The van der Waals surface area contributed by atoms with Crippen LogP contribution in [0.4, 0.5) is 0 Å². The number of rotatable bonds is 1. The molecule has 1 heterocycles. The summed E-state index contributed by atoms with van der Waals surface area (Å²) in [6.07, 6.45) is -1.48. The van der Waals surface area contributed by atoms with Gasteiger partial charge in [-0.25, -0.2) is 4.99 Å². The molecule has 0 amide bonds. The standard InChI is InChI=1S/C9H15NO4/c1-4-10-7-6(14-4)2-5(3-11)8(12)9(7)13/h5-9,11-13H,2-3H2,1H3/t5-,6-,7-,8-,9-/m1/s1. The molecule has 1 fully saturated rings. The van der Waals surface area contributed by atoms with Gasteiger partial charge in [0, 0.05) is 19.4 Å². The van der Waals surface area contributed by atoms with Crippen molar-refractivity contribution in [1.82, 2.24) is 0 Å². The van der Waals surface area contributed by atoms with Crippen molar-refractivity contribution in [3.05, 3.63) is 0 Å². The molecule has 5 heteroatoms. The second-order valence-electron chi connectivity index (χ2n) is 3.95. The van der Waals surface area contributed by atoms with Crippen LogP contribution in [0, 0.1) is 5.92 Å². The third-order valence-electron chi connectivity index (χ3n) is 2.99. The minimum atomic E-state index is -0.927. The Balaban J connectivity index is 2.14. The van der Waals surface area contributed by atoms with Crippen LogP contribution in [0.25, 0.3) is 0 Å². The van der Waals surface area contributed by atoms with Gasteiger partial charge in [0.2, 0.25) is 0 Å². The lowest BCUT2D eigenvalue weighted by Crippen LogP contribution is -2.52. The van der Waals surface area contributed by atoms with Crippen LogP contribution in [0.5, 0.6) is 0 Å². The van der Waals surface area contributed by atoms with Gasteiger partial charge in [0.1, 0.15) is 18.2 Å². The normalized spacial score (nSPS) is 46.9. The predicted molar refractivity (Wildman–Crippen MR) is 49.0 cm³/mol. The largest absolute Gasteiger partial charge is 0.476 e. The molecule has 2 rings (SSSR count). The molecule has 80 valence electrons.